The highest BCUT2D eigenvalue weighted by Crippen LogP contribution is 2.39. The Morgan fingerprint density at radius 3 is 2.42 bits per heavy atom. The first-order valence-electron chi connectivity index (χ1n) is 16.4. The number of hydrogen-bond acceptors (Lipinski definition) is 12. The average Bonchev–Trinajstić information content (AvgIpc) is 3.01. The molecule has 0 aliphatic carbocycles. The molecule has 3 heterocycles. The minimum absolute atomic E-state index is 0.0225. The number of halogens is 1. The van der Waals surface area contributed by atoms with E-state index in [1.807, 2.05) is 0 Å². The zero-order valence-electron chi connectivity index (χ0n) is 31.9. The van der Waals surface area contributed by atoms with E-state index < -0.39 is 99.6 Å². The summed E-state index contributed by atoms with van der Waals surface area (Å²) in [6, 6.07) is -2.70. The molecule has 1 amide bonds. The number of phosphoric ester groups is 1. The fourth-order valence-corrected chi connectivity index (χ4v) is 3.72. The van der Waals surface area contributed by atoms with E-state index >= 15 is 4.39 Å². The molecule has 1 aliphatic rings. The molecule has 0 saturated heterocycles. The molecule has 0 N–H and O–H groups in total. The van der Waals surface area contributed by atoms with Crippen molar-refractivity contribution < 1.29 is 62.1 Å². The van der Waals surface area contributed by atoms with Crippen LogP contribution in [0.2, 0.25) is 0 Å². The fourth-order valence-electron chi connectivity index (χ4n) is 3.46. The normalized spacial score (nSPS) is 19.0. The molecular formula is C25H26FN4O9P-2. The topological polar surface area (TPSA) is 168 Å². The Hall–Kier alpha value is -3.84. The molecule has 40 heavy (non-hydrogen) atoms. The van der Waals surface area contributed by atoms with Gasteiger partial charge < -0.3 is 37.8 Å². The van der Waals surface area contributed by atoms with Crippen LogP contribution in [0.25, 0.3) is 0 Å². The number of nitrogens with zero attached hydrogens (tertiary/aromatic N) is 4. The number of amides is 1. The molecule has 0 atom stereocenters. The summed E-state index contributed by atoms with van der Waals surface area (Å²) in [5, 5.41) is 0. The highest BCUT2D eigenvalue weighted by molar-refractivity contribution is 7.43. The number of carbonyl (C=O) groups is 1. The van der Waals surface area contributed by atoms with Crippen molar-refractivity contribution in [3.8, 4) is 23.0 Å². The van der Waals surface area contributed by atoms with Crippen LogP contribution in [0, 0.1) is 5.82 Å². The number of benzene rings is 1. The molecule has 214 valence electrons. The van der Waals surface area contributed by atoms with Gasteiger partial charge in [0, 0.05) is 26.8 Å². The van der Waals surface area contributed by atoms with Crippen molar-refractivity contribution >= 4 is 19.5 Å². The Morgan fingerprint density at radius 2 is 1.82 bits per heavy atom. The lowest BCUT2D eigenvalue weighted by atomic mass is 10.1. The van der Waals surface area contributed by atoms with Crippen LogP contribution in [0.5, 0.6) is 23.0 Å². The predicted octanol–water partition coefficient (Wildman–Crippen LogP) is 1.52. The van der Waals surface area contributed by atoms with Crippen LogP contribution >= 0.6 is 7.82 Å². The molecule has 1 aliphatic heterocycles. The molecule has 13 nitrogen and oxygen atoms in total. The molecule has 1 aromatic carbocycles. The highest BCUT2D eigenvalue weighted by atomic mass is 31.2. The van der Waals surface area contributed by atoms with Gasteiger partial charge in [-0.15, -0.1) is 0 Å². The highest BCUT2D eigenvalue weighted by Gasteiger charge is 2.42. The standard InChI is InChI=1S/C25H28FN4O9P/c1-25(2)24(31)30(13-38-40(32,33)34)23-18(39-25)7-6-15(28-23)11-17-16(26)12-27-21(29-17)10-14-8-19(35-3)22(37-5)20(9-14)36-4/h6-9,12H,10-11,13H2,1-5H3,(H2,32,33,34)/p-2/i1D3,2D3,6D,7D,8D,9D,12D. The van der Waals surface area contributed by atoms with E-state index in [0.29, 0.717) is 0 Å². The van der Waals surface area contributed by atoms with Gasteiger partial charge in [-0.3, -0.25) is 9.69 Å². The van der Waals surface area contributed by atoms with E-state index in [4.69, 9.17) is 34.0 Å². The molecular weight excluding hydrogens is 550 g/mol. The first-order chi connectivity index (χ1) is 23.4. The Balaban J connectivity index is 1.88. The van der Waals surface area contributed by atoms with Gasteiger partial charge in [0.1, 0.15) is 12.6 Å². The lowest BCUT2D eigenvalue weighted by molar-refractivity contribution is -0.341. The van der Waals surface area contributed by atoms with Crippen LogP contribution < -0.4 is 33.6 Å². The summed E-state index contributed by atoms with van der Waals surface area (Å²) in [5.74, 6) is -5.98. The number of carbonyl (C=O) groups excluding carboxylic acids is 1. The van der Waals surface area contributed by atoms with E-state index in [-0.39, 0.29) is 45.6 Å². The van der Waals surface area contributed by atoms with Gasteiger partial charge in [0.15, 0.2) is 34.5 Å². The van der Waals surface area contributed by atoms with Gasteiger partial charge in [-0.05, 0) is 43.4 Å². The van der Waals surface area contributed by atoms with Crippen molar-refractivity contribution in [2.24, 2.45) is 0 Å². The second kappa shape index (κ2) is 11.3. The Bertz CT molecular complexity index is 1900. The van der Waals surface area contributed by atoms with Crippen molar-refractivity contribution in [2.45, 2.75) is 32.1 Å². The lowest BCUT2D eigenvalue weighted by Crippen LogP contribution is -2.53. The zero-order chi connectivity index (χ0) is 38.6. The molecule has 0 bridgehead atoms. The molecule has 2 aromatic heterocycles. The minimum Gasteiger partial charge on any atom is -0.790 e. The molecule has 3 aromatic rings. The number of hydrogen-bond donors (Lipinski definition) is 0. The predicted molar refractivity (Wildman–Crippen MR) is 134 cm³/mol. The summed E-state index contributed by atoms with van der Waals surface area (Å²) in [6.07, 6.45) is -2.30. The molecule has 4 rings (SSSR count). The second-order valence-electron chi connectivity index (χ2n) is 7.88. The monoisotopic (exact) mass is 587 g/mol. The Labute approximate surface area is 244 Å². The zero-order valence-corrected chi connectivity index (χ0v) is 21.8. The van der Waals surface area contributed by atoms with E-state index in [1.54, 1.807) is 0 Å². The van der Waals surface area contributed by atoms with E-state index in [1.165, 1.54) is 21.3 Å². The molecule has 0 saturated carbocycles. The van der Waals surface area contributed by atoms with Crippen LogP contribution in [-0.4, -0.2) is 54.5 Å². The van der Waals surface area contributed by atoms with Crippen molar-refractivity contribution in [2.75, 3.05) is 33.0 Å². The maximum atomic E-state index is 15.3. The maximum Gasteiger partial charge on any atom is 0.273 e. The van der Waals surface area contributed by atoms with Crippen LogP contribution in [0.1, 0.15) is 51.6 Å². The summed E-state index contributed by atoms with van der Waals surface area (Å²) in [5.41, 5.74) is -5.12. The molecule has 15 heteroatoms. The minimum atomic E-state index is -5.92. The SMILES string of the molecule is [2H]c1nc(Cc2c([2H])c(OC)c(OC)c(OC)c2[2H])nc(Cc2nc3c(c([2H])c2[2H])OC(C([2H])([2H])[2H])(C([2H])([2H])[2H])C(=O)N3COP(=O)([O-])[O-])c1F. The smallest absolute Gasteiger partial charge is 0.273 e. The first kappa shape index (κ1) is 17.8. The maximum absolute atomic E-state index is 15.3. The van der Waals surface area contributed by atoms with Gasteiger partial charge in [-0.1, -0.05) is 0 Å². The van der Waals surface area contributed by atoms with E-state index in [9.17, 15) is 19.1 Å². The van der Waals surface area contributed by atoms with Crippen molar-refractivity contribution in [1.82, 2.24) is 15.0 Å². The number of fused-ring (bicyclic) bond motifs is 1. The molecule has 0 unspecified atom stereocenters. The molecule has 0 radical (unpaired) electrons. The van der Waals surface area contributed by atoms with Crippen molar-refractivity contribution in [3.63, 3.8) is 0 Å². The van der Waals surface area contributed by atoms with Crippen LogP contribution in [0.15, 0.2) is 30.3 Å². The number of aromatic nitrogens is 3. The Kier molecular flexibility index (Phi) is 5.04. The van der Waals surface area contributed by atoms with Crippen LogP contribution in [0.3, 0.4) is 0 Å². The quantitative estimate of drug-likeness (QED) is 0.314. The van der Waals surface area contributed by atoms with Gasteiger partial charge >= 0.3 is 0 Å². The number of ether oxygens (including phenoxy) is 4. The van der Waals surface area contributed by atoms with Gasteiger partial charge in [-0.25, -0.2) is 19.3 Å². The third-order valence-electron chi connectivity index (χ3n) is 5.19. The van der Waals surface area contributed by atoms with Crippen molar-refractivity contribution in [3.05, 3.63) is 58.9 Å². The summed E-state index contributed by atoms with van der Waals surface area (Å²) < 4.78 is 141. The third-order valence-corrected chi connectivity index (χ3v) is 5.62. The summed E-state index contributed by atoms with van der Waals surface area (Å²) in [6.45, 7) is -9.27. The number of phosphoric acid groups is 1. The van der Waals surface area contributed by atoms with Crippen molar-refractivity contribution in [1.29, 1.82) is 0 Å². The number of rotatable bonds is 10. The largest absolute Gasteiger partial charge is 0.790 e. The van der Waals surface area contributed by atoms with E-state index in [0.717, 1.165) is 0 Å². The fraction of sp³-hybridized carbons (Fsp3) is 0.360. The summed E-state index contributed by atoms with van der Waals surface area (Å²) in [4.78, 5) is 48.0. The first-order valence-corrected chi connectivity index (χ1v) is 12.4. The average molecular weight is 588 g/mol. The van der Waals surface area contributed by atoms with Gasteiger partial charge in [0.25, 0.3) is 5.91 Å². The molecule has 0 fully saturated rings. The van der Waals surface area contributed by atoms with Crippen LogP contribution in [-0.2, 0) is 26.7 Å². The number of methoxy groups -OCH3 is 3. The Morgan fingerprint density at radius 1 is 1.12 bits per heavy atom. The molecule has 0 spiro atoms. The number of pyridine rings is 1. The summed E-state index contributed by atoms with van der Waals surface area (Å²) in [7, 11) is -2.18. The van der Waals surface area contributed by atoms with Gasteiger partial charge in [0.05, 0.1) is 47.9 Å². The lowest BCUT2D eigenvalue weighted by Gasteiger charge is -2.39. The second-order valence-corrected chi connectivity index (χ2v) is 9.03. The van der Waals surface area contributed by atoms with Crippen LogP contribution in [0.4, 0.5) is 10.2 Å². The summed E-state index contributed by atoms with van der Waals surface area (Å²) >= 11 is 0. The van der Waals surface area contributed by atoms with Gasteiger partial charge in [-0.2, -0.15) is 0 Å². The van der Waals surface area contributed by atoms with Gasteiger partial charge in [0.2, 0.25) is 5.75 Å². The van der Waals surface area contributed by atoms with E-state index in [2.05, 4.69) is 19.5 Å². The third kappa shape index (κ3) is 6.31. The number of anilines is 1.